The van der Waals surface area contributed by atoms with Crippen molar-refractivity contribution in [2.75, 3.05) is 19.6 Å². The number of hydrogen-bond acceptors (Lipinski definition) is 1. The number of likely N-dealkylation sites (tertiary alicyclic amines) is 1. The molecule has 0 N–H and O–H groups in total. The van der Waals surface area contributed by atoms with Gasteiger partial charge >= 0.3 is 0 Å². The van der Waals surface area contributed by atoms with Crippen molar-refractivity contribution in [3.63, 3.8) is 0 Å². The largest absolute Gasteiger partial charge is 0.303 e. The van der Waals surface area contributed by atoms with E-state index in [9.17, 15) is 4.39 Å². The van der Waals surface area contributed by atoms with Crippen molar-refractivity contribution in [2.45, 2.75) is 25.7 Å². The van der Waals surface area contributed by atoms with Gasteiger partial charge in [-0.2, -0.15) is 0 Å². The van der Waals surface area contributed by atoms with Crippen LogP contribution in [0.4, 0.5) is 4.39 Å². The predicted octanol–water partition coefficient (Wildman–Crippen LogP) is 3.51. The van der Waals surface area contributed by atoms with Gasteiger partial charge in [0.15, 0.2) is 0 Å². The predicted molar refractivity (Wildman–Crippen MR) is 65.4 cm³/mol. The molecule has 3 heteroatoms. The molecule has 16 heavy (non-hydrogen) atoms. The summed E-state index contributed by atoms with van der Waals surface area (Å²) in [5.74, 6) is -0.133. The molecule has 0 amide bonds. The molecule has 0 unspecified atom stereocenters. The lowest BCUT2D eigenvalue weighted by atomic mass is 10.1. The van der Waals surface area contributed by atoms with Crippen molar-refractivity contribution >= 4 is 11.6 Å². The molecule has 1 aromatic rings. The molecule has 0 saturated carbocycles. The van der Waals surface area contributed by atoms with E-state index in [-0.39, 0.29) is 5.82 Å². The van der Waals surface area contributed by atoms with Gasteiger partial charge in [0.05, 0.1) is 0 Å². The fourth-order valence-corrected chi connectivity index (χ4v) is 2.43. The maximum atomic E-state index is 13.4. The van der Waals surface area contributed by atoms with Gasteiger partial charge in [0, 0.05) is 5.02 Å². The van der Waals surface area contributed by atoms with Crippen LogP contribution in [-0.4, -0.2) is 24.5 Å². The third kappa shape index (κ3) is 3.19. The first-order chi connectivity index (χ1) is 7.75. The van der Waals surface area contributed by atoms with Crippen LogP contribution >= 0.6 is 11.6 Å². The van der Waals surface area contributed by atoms with Gasteiger partial charge in [-0.15, -0.1) is 0 Å². The zero-order valence-electron chi connectivity index (χ0n) is 9.38. The highest BCUT2D eigenvalue weighted by Crippen LogP contribution is 2.17. The smallest absolute Gasteiger partial charge is 0.126 e. The molecular weight excluding hydrogens is 225 g/mol. The first kappa shape index (κ1) is 11.9. The van der Waals surface area contributed by atoms with Gasteiger partial charge in [-0.05, 0) is 69.1 Å². The van der Waals surface area contributed by atoms with Gasteiger partial charge in [0.1, 0.15) is 5.82 Å². The van der Waals surface area contributed by atoms with Gasteiger partial charge in [-0.25, -0.2) is 4.39 Å². The number of hydrogen-bond donors (Lipinski definition) is 0. The first-order valence-electron chi connectivity index (χ1n) is 5.92. The van der Waals surface area contributed by atoms with Gasteiger partial charge in [-0.3, -0.25) is 0 Å². The summed E-state index contributed by atoms with van der Waals surface area (Å²) in [4.78, 5) is 2.45. The summed E-state index contributed by atoms with van der Waals surface area (Å²) >= 11 is 5.85. The van der Waals surface area contributed by atoms with Crippen LogP contribution in [0.1, 0.15) is 24.8 Å². The SMILES string of the molecule is Fc1ccc(Cl)cc1CCCN1CCCC1. The standard InChI is InChI=1S/C13H17ClFN/c14-12-5-6-13(15)11(10-12)4-3-9-16-7-1-2-8-16/h5-6,10H,1-4,7-9H2. The monoisotopic (exact) mass is 241 g/mol. The Labute approximate surface area is 101 Å². The van der Waals surface area contributed by atoms with E-state index in [4.69, 9.17) is 11.6 Å². The summed E-state index contributed by atoms with van der Waals surface area (Å²) < 4.78 is 13.4. The number of aryl methyl sites for hydroxylation is 1. The Morgan fingerprint density at radius 1 is 1.25 bits per heavy atom. The van der Waals surface area contributed by atoms with Gasteiger partial charge in [-0.1, -0.05) is 11.6 Å². The highest BCUT2D eigenvalue weighted by molar-refractivity contribution is 6.30. The Hall–Kier alpha value is -0.600. The zero-order valence-corrected chi connectivity index (χ0v) is 10.1. The minimum Gasteiger partial charge on any atom is -0.303 e. The lowest BCUT2D eigenvalue weighted by Crippen LogP contribution is -2.20. The van der Waals surface area contributed by atoms with Crippen LogP contribution < -0.4 is 0 Å². The molecule has 1 aromatic carbocycles. The molecule has 0 radical (unpaired) electrons. The van der Waals surface area contributed by atoms with E-state index >= 15 is 0 Å². The van der Waals surface area contributed by atoms with Crippen LogP contribution in [0, 0.1) is 5.82 Å². The van der Waals surface area contributed by atoms with Gasteiger partial charge in [0.2, 0.25) is 0 Å². The quantitative estimate of drug-likeness (QED) is 0.780. The number of benzene rings is 1. The lowest BCUT2D eigenvalue weighted by Gasteiger charge is -2.14. The average molecular weight is 242 g/mol. The maximum Gasteiger partial charge on any atom is 0.126 e. The molecule has 1 aliphatic rings. The average Bonchev–Trinajstić information content (AvgIpc) is 2.76. The minimum absolute atomic E-state index is 0.133. The molecule has 2 rings (SSSR count). The van der Waals surface area contributed by atoms with E-state index in [2.05, 4.69) is 4.90 Å². The molecule has 1 nitrogen and oxygen atoms in total. The molecule has 0 aromatic heterocycles. The molecule has 88 valence electrons. The van der Waals surface area contributed by atoms with Gasteiger partial charge in [0.25, 0.3) is 0 Å². The first-order valence-corrected chi connectivity index (χ1v) is 6.30. The van der Waals surface area contributed by atoms with E-state index in [0.29, 0.717) is 5.02 Å². The number of halogens is 2. The second kappa shape index (κ2) is 5.65. The van der Waals surface area contributed by atoms with Crippen molar-refractivity contribution < 1.29 is 4.39 Å². The van der Waals surface area contributed by atoms with Crippen molar-refractivity contribution in [3.8, 4) is 0 Å². The van der Waals surface area contributed by atoms with E-state index in [1.807, 2.05) is 0 Å². The second-order valence-electron chi connectivity index (χ2n) is 4.39. The molecule has 0 atom stereocenters. The van der Waals surface area contributed by atoms with Crippen molar-refractivity contribution in [1.82, 2.24) is 4.90 Å². The molecular formula is C13H17ClFN. The van der Waals surface area contributed by atoms with Crippen LogP contribution in [0.25, 0.3) is 0 Å². The highest BCUT2D eigenvalue weighted by Gasteiger charge is 2.11. The molecule has 1 aliphatic heterocycles. The number of nitrogens with zero attached hydrogens (tertiary/aromatic N) is 1. The maximum absolute atomic E-state index is 13.4. The minimum atomic E-state index is -0.133. The topological polar surface area (TPSA) is 3.24 Å². The van der Waals surface area contributed by atoms with Gasteiger partial charge < -0.3 is 4.90 Å². The third-order valence-electron chi connectivity index (χ3n) is 3.13. The van der Waals surface area contributed by atoms with Crippen LogP contribution in [0.3, 0.4) is 0 Å². The highest BCUT2D eigenvalue weighted by atomic mass is 35.5. The molecule has 1 fully saturated rings. The molecule has 1 saturated heterocycles. The summed E-state index contributed by atoms with van der Waals surface area (Å²) in [6.45, 7) is 3.49. The summed E-state index contributed by atoms with van der Waals surface area (Å²) in [7, 11) is 0. The van der Waals surface area contributed by atoms with E-state index < -0.39 is 0 Å². The lowest BCUT2D eigenvalue weighted by molar-refractivity contribution is 0.333. The Bertz CT molecular complexity index is 348. The molecule has 1 heterocycles. The fourth-order valence-electron chi connectivity index (χ4n) is 2.23. The van der Waals surface area contributed by atoms with E-state index in [1.165, 1.54) is 32.0 Å². The second-order valence-corrected chi connectivity index (χ2v) is 4.82. The Morgan fingerprint density at radius 3 is 2.75 bits per heavy atom. The molecule has 0 bridgehead atoms. The third-order valence-corrected chi connectivity index (χ3v) is 3.36. The molecule has 0 aliphatic carbocycles. The van der Waals surface area contributed by atoms with E-state index in [0.717, 1.165) is 24.9 Å². The fraction of sp³-hybridized carbons (Fsp3) is 0.538. The van der Waals surface area contributed by atoms with Crippen molar-refractivity contribution in [1.29, 1.82) is 0 Å². The summed E-state index contributed by atoms with van der Waals surface area (Å²) in [5.41, 5.74) is 0.742. The van der Waals surface area contributed by atoms with Crippen molar-refractivity contribution in [3.05, 3.63) is 34.6 Å². The van der Waals surface area contributed by atoms with Crippen molar-refractivity contribution in [2.24, 2.45) is 0 Å². The summed E-state index contributed by atoms with van der Waals surface area (Å²) in [5, 5.41) is 0.623. The normalized spacial score (nSPS) is 16.9. The number of rotatable bonds is 4. The Balaban J connectivity index is 1.82. The Kier molecular flexibility index (Phi) is 4.19. The van der Waals surface area contributed by atoms with Crippen LogP contribution in [0.15, 0.2) is 18.2 Å². The summed E-state index contributed by atoms with van der Waals surface area (Å²) in [6.07, 6.45) is 4.41. The van der Waals surface area contributed by atoms with Crippen LogP contribution in [0.5, 0.6) is 0 Å². The van der Waals surface area contributed by atoms with Crippen LogP contribution in [-0.2, 0) is 6.42 Å². The Morgan fingerprint density at radius 2 is 2.00 bits per heavy atom. The van der Waals surface area contributed by atoms with Crippen LogP contribution in [0.2, 0.25) is 5.02 Å². The van der Waals surface area contributed by atoms with E-state index in [1.54, 1.807) is 12.1 Å². The summed E-state index contributed by atoms with van der Waals surface area (Å²) in [6, 6.07) is 4.79. The molecule has 0 spiro atoms. The zero-order chi connectivity index (χ0) is 11.4.